The normalized spacial score (nSPS) is 27.8. The van der Waals surface area contributed by atoms with Gasteiger partial charge in [-0.2, -0.15) is 0 Å². The highest BCUT2D eigenvalue weighted by molar-refractivity contribution is 5.83. The van der Waals surface area contributed by atoms with Crippen molar-refractivity contribution >= 4 is 10.8 Å². The second kappa shape index (κ2) is 9.96. The molecule has 29 heavy (non-hydrogen) atoms. The number of hydrogen-bond donors (Lipinski definition) is 0. The molecule has 2 aliphatic rings. The summed E-state index contributed by atoms with van der Waals surface area (Å²) in [7, 11) is 0. The molecule has 2 fully saturated rings. The summed E-state index contributed by atoms with van der Waals surface area (Å²) in [5, 5.41) is 2.83. The molecule has 0 N–H and O–H groups in total. The Balaban J connectivity index is 1.25. The molecule has 0 unspecified atom stereocenters. The van der Waals surface area contributed by atoms with Crippen molar-refractivity contribution in [3.05, 3.63) is 60.2 Å². The lowest BCUT2D eigenvalue weighted by atomic mass is 9.68. The first kappa shape index (κ1) is 20.7. The summed E-state index contributed by atoms with van der Waals surface area (Å²) >= 11 is 0. The molecule has 2 aromatic rings. The largest absolute Gasteiger partial charge is 0.103 e. The molecule has 0 heterocycles. The molecule has 156 valence electrons. The molecule has 0 saturated heterocycles. The second-order valence-corrected chi connectivity index (χ2v) is 10.00. The Labute approximate surface area is 178 Å². The van der Waals surface area contributed by atoms with Crippen LogP contribution in [0.3, 0.4) is 0 Å². The van der Waals surface area contributed by atoms with E-state index >= 15 is 0 Å². The van der Waals surface area contributed by atoms with Crippen LogP contribution in [0.25, 0.3) is 10.8 Å². The average Bonchev–Trinajstić information content (AvgIpc) is 2.78. The minimum absolute atomic E-state index is 0.808. The highest BCUT2D eigenvalue weighted by atomic mass is 14.4. The van der Waals surface area contributed by atoms with Gasteiger partial charge in [-0.15, -0.1) is 6.58 Å². The molecule has 0 heteroatoms. The van der Waals surface area contributed by atoms with Gasteiger partial charge in [0, 0.05) is 0 Å². The van der Waals surface area contributed by atoms with Gasteiger partial charge in [-0.3, -0.25) is 0 Å². The van der Waals surface area contributed by atoms with Crippen molar-refractivity contribution in [1.82, 2.24) is 0 Å². The molecule has 0 bridgehead atoms. The maximum atomic E-state index is 4.01. The third-order valence-corrected chi connectivity index (χ3v) is 8.06. The lowest BCUT2D eigenvalue weighted by Crippen LogP contribution is -2.25. The highest BCUT2D eigenvalue weighted by Gasteiger charge is 2.30. The minimum Gasteiger partial charge on any atom is -0.103 e. The van der Waals surface area contributed by atoms with Crippen LogP contribution in [0.2, 0.25) is 0 Å². The zero-order valence-corrected chi connectivity index (χ0v) is 18.5. The minimum atomic E-state index is 0.808. The molecule has 0 aliphatic heterocycles. The van der Waals surface area contributed by atoms with Crippen LogP contribution in [-0.2, 0) is 12.8 Å². The molecule has 0 amide bonds. The SMILES string of the molecule is C=CC1CCC(C2CCC(CCc3ccc4cc(CCC)ccc4c3)CC2)CC1. The summed E-state index contributed by atoms with van der Waals surface area (Å²) < 4.78 is 0. The Bertz CT molecular complexity index is 785. The molecular weight excluding hydrogens is 348 g/mol. The van der Waals surface area contributed by atoms with Gasteiger partial charge < -0.3 is 0 Å². The van der Waals surface area contributed by atoms with E-state index < -0.39 is 0 Å². The topological polar surface area (TPSA) is 0 Å². The number of fused-ring (bicyclic) bond motifs is 1. The van der Waals surface area contributed by atoms with Crippen LogP contribution in [0.5, 0.6) is 0 Å². The van der Waals surface area contributed by atoms with Crippen molar-refractivity contribution in [2.75, 3.05) is 0 Å². The van der Waals surface area contributed by atoms with Crippen molar-refractivity contribution in [1.29, 1.82) is 0 Å². The summed E-state index contributed by atoms with van der Waals surface area (Å²) in [5.74, 6) is 3.81. The summed E-state index contributed by atoms with van der Waals surface area (Å²) in [6, 6.07) is 14.2. The fraction of sp³-hybridized carbons (Fsp3) is 0.586. The molecule has 2 aromatic carbocycles. The summed E-state index contributed by atoms with van der Waals surface area (Å²) in [6.45, 7) is 6.26. The van der Waals surface area contributed by atoms with Crippen molar-refractivity contribution in [2.24, 2.45) is 23.7 Å². The maximum Gasteiger partial charge on any atom is -0.0181 e. The molecule has 0 aromatic heterocycles. The first-order valence-corrected chi connectivity index (χ1v) is 12.4. The third-order valence-electron chi connectivity index (χ3n) is 8.06. The monoisotopic (exact) mass is 388 g/mol. The Kier molecular flexibility index (Phi) is 7.11. The number of benzene rings is 2. The summed E-state index contributed by atoms with van der Waals surface area (Å²) in [6.07, 6.45) is 18.9. The van der Waals surface area contributed by atoms with Crippen molar-refractivity contribution < 1.29 is 0 Å². The van der Waals surface area contributed by atoms with Crippen LogP contribution in [0, 0.1) is 23.7 Å². The Morgan fingerprint density at radius 2 is 1.31 bits per heavy atom. The smallest absolute Gasteiger partial charge is 0.0181 e. The predicted molar refractivity (Wildman–Crippen MR) is 127 cm³/mol. The molecular formula is C29H40. The van der Waals surface area contributed by atoms with Gasteiger partial charge in [0.2, 0.25) is 0 Å². The number of allylic oxidation sites excluding steroid dienone is 1. The van der Waals surface area contributed by atoms with Gasteiger partial charge in [0.1, 0.15) is 0 Å². The number of rotatable bonds is 7. The lowest BCUT2D eigenvalue weighted by molar-refractivity contribution is 0.153. The van der Waals surface area contributed by atoms with Gasteiger partial charge in [0.05, 0.1) is 0 Å². The molecule has 0 atom stereocenters. The van der Waals surface area contributed by atoms with Crippen molar-refractivity contribution in [2.45, 2.75) is 84.0 Å². The van der Waals surface area contributed by atoms with Gasteiger partial charge in [0.15, 0.2) is 0 Å². The van der Waals surface area contributed by atoms with E-state index in [1.165, 1.54) is 98.9 Å². The van der Waals surface area contributed by atoms with E-state index in [0.717, 1.165) is 23.7 Å². The second-order valence-electron chi connectivity index (χ2n) is 10.00. The standard InChI is InChI=1S/C29H40/c1-3-5-24-12-18-29-21-25(13-19-28(29)20-24)7-6-23-10-16-27(17-11-23)26-14-8-22(4-2)9-15-26/h4,12-13,18-23,26-27H,2-3,5-11,14-17H2,1H3. The summed E-state index contributed by atoms with van der Waals surface area (Å²) in [4.78, 5) is 0. The van der Waals surface area contributed by atoms with E-state index in [2.05, 4.69) is 56.0 Å². The van der Waals surface area contributed by atoms with Crippen LogP contribution >= 0.6 is 0 Å². The van der Waals surface area contributed by atoms with E-state index in [4.69, 9.17) is 0 Å². The molecule has 2 aliphatic carbocycles. The Hall–Kier alpha value is -1.56. The van der Waals surface area contributed by atoms with E-state index in [1.807, 2.05) is 0 Å². The molecule has 4 rings (SSSR count). The van der Waals surface area contributed by atoms with Crippen molar-refractivity contribution in [3.8, 4) is 0 Å². The third kappa shape index (κ3) is 5.33. The van der Waals surface area contributed by atoms with Gasteiger partial charge in [-0.05, 0) is 103 Å². The van der Waals surface area contributed by atoms with Crippen LogP contribution < -0.4 is 0 Å². The molecule has 0 nitrogen and oxygen atoms in total. The Morgan fingerprint density at radius 1 is 0.759 bits per heavy atom. The zero-order valence-electron chi connectivity index (χ0n) is 18.5. The van der Waals surface area contributed by atoms with Crippen LogP contribution in [0.15, 0.2) is 49.1 Å². The zero-order chi connectivity index (χ0) is 20.1. The fourth-order valence-electron chi connectivity index (χ4n) is 6.12. The van der Waals surface area contributed by atoms with E-state index in [9.17, 15) is 0 Å². The first-order chi connectivity index (χ1) is 14.2. The quantitative estimate of drug-likeness (QED) is 0.417. The average molecular weight is 389 g/mol. The van der Waals surface area contributed by atoms with E-state index in [-0.39, 0.29) is 0 Å². The van der Waals surface area contributed by atoms with E-state index in [1.54, 1.807) is 0 Å². The molecule has 0 spiro atoms. The first-order valence-electron chi connectivity index (χ1n) is 12.4. The Morgan fingerprint density at radius 3 is 1.86 bits per heavy atom. The molecule has 2 saturated carbocycles. The maximum absolute atomic E-state index is 4.01. The molecule has 0 radical (unpaired) electrons. The van der Waals surface area contributed by atoms with Crippen LogP contribution in [-0.4, -0.2) is 0 Å². The lowest BCUT2D eigenvalue weighted by Gasteiger charge is -2.37. The van der Waals surface area contributed by atoms with Gasteiger partial charge in [-0.1, -0.05) is 68.7 Å². The number of aryl methyl sites for hydroxylation is 2. The van der Waals surface area contributed by atoms with Crippen molar-refractivity contribution in [3.63, 3.8) is 0 Å². The van der Waals surface area contributed by atoms with Gasteiger partial charge >= 0.3 is 0 Å². The highest BCUT2D eigenvalue weighted by Crippen LogP contribution is 2.42. The predicted octanol–water partition coefficient (Wildman–Crippen LogP) is 8.52. The van der Waals surface area contributed by atoms with E-state index in [0.29, 0.717) is 0 Å². The van der Waals surface area contributed by atoms with Crippen LogP contribution in [0.1, 0.15) is 82.3 Å². The summed E-state index contributed by atoms with van der Waals surface area (Å²) in [5.41, 5.74) is 3.01. The van der Waals surface area contributed by atoms with Gasteiger partial charge in [-0.25, -0.2) is 0 Å². The fourth-order valence-corrected chi connectivity index (χ4v) is 6.12. The number of hydrogen-bond acceptors (Lipinski definition) is 0. The van der Waals surface area contributed by atoms with Crippen LogP contribution in [0.4, 0.5) is 0 Å². The van der Waals surface area contributed by atoms with Gasteiger partial charge in [0.25, 0.3) is 0 Å².